The van der Waals surface area contributed by atoms with Crippen molar-refractivity contribution in [2.45, 2.75) is 13.8 Å². The fourth-order valence-corrected chi connectivity index (χ4v) is 3.24. The molecule has 0 fully saturated rings. The molecular weight excluding hydrogens is 344 g/mol. The monoisotopic (exact) mass is 368 g/mol. The van der Waals surface area contributed by atoms with Crippen LogP contribution < -0.4 is 4.74 Å². The summed E-state index contributed by atoms with van der Waals surface area (Å²) < 4.78 is 12.8. The third-order valence-corrected chi connectivity index (χ3v) is 4.56. The van der Waals surface area contributed by atoms with Crippen LogP contribution in [0.15, 0.2) is 95.4 Å². The highest BCUT2D eigenvalue weighted by atomic mass is 16.5. The molecule has 0 saturated heterocycles. The molecule has 0 aliphatic carbocycles. The van der Waals surface area contributed by atoms with E-state index in [1.807, 2.05) is 54.6 Å². The lowest BCUT2D eigenvalue weighted by molar-refractivity contribution is 0.271. The maximum atomic E-state index is 6.48. The first-order chi connectivity index (χ1) is 13.7. The van der Waals surface area contributed by atoms with Gasteiger partial charge in [-0.15, -0.1) is 0 Å². The van der Waals surface area contributed by atoms with Crippen molar-refractivity contribution in [1.82, 2.24) is 0 Å². The van der Waals surface area contributed by atoms with Crippen LogP contribution in [-0.2, 0) is 0 Å². The zero-order valence-electron chi connectivity index (χ0n) is 16.3. The zero-order valence-corrected chi connectivity index (χ0v) is 16.3. The minimum absolute atomic E-state index is 0.419. The van der Waals surface area contributed by atoms with Gasteiger partial charge in [0.25, 0.3) is 0 Å². The van der Waals surface area contributed by atoms with Crippen molar-refractivity contribution >= 4 is 0 Å². The van der Waals surface area contributed by atoms with E-state index in [1.54, 1.807) is 0 Å². The van der Waals surface area contributed by atoms with Crippen molar-refractivity contribution in [3.8, 4) is 39.5 Å². The van der Waals surface area contributed by atoms with Crippen LogP contribution in [0.2, 0.25) is 0 Å². The Bertz CT molecular complexity index is 1020. The van der Waals surface area contributed by atoms with Crippen LogP contribution in [0.1, 0.15) is 13.8 Å². The molecule has 0 N–H and O–H groups in total. The van der Waals surface area contributed by atoms with Crippen molar-refractivity contribution in [2.24, 2.45) is 5.92 Å². The molecule has 4 aromatic rings. The molecule has 0 saturated carbocycles. The average molecular weight is 368 g/mol. The number of hydrogen-bond donors (Lipinski definition) is 0. The van der Waals surface area contributed by atoms with E-state index in [9.17, 15) is 0 Å². The molecule has 4 rings (SSSR count). The van der Waals surface area contributed by atoms with Gasteiger partial charge in [0, 0.05) is 11.1 Å². The summed E-state index contributed by atoms with van der Waals surface area (Å²) in [6.45, 7) is 4.94. The molecule has 2 heteroatoms. The van der Waals surface area contributed by atoms with Crippen LogP contribution in [0.4, 0.5) is 0 Å². The molecule has 0 spiro atoms. The van der Waals surface area contributed by atoms with Gasteiger partial charge in [-0.3, -0.25) is 0 Å². The zero-order chi connectivity index (χ0) is 19.3. The highest BCUT2D eigenvalue weighted by Gasteiger charge is 2.25. The van der Waals surface area contributed by atoms with Crippen LogP contribution >= 0.6 is 0 Å². The van der Waals surface area contributed by atoms with Crippen LogP contribution in [-0.4, -0.2) is 6.61 Å². The Morgan fingerprint density at radius 2 is 1.11 bits per heavy atom. The lowest BCUT2D eigenvalue weighted by Crippen LogP contribution is -2.05. The van der Waals surface area contributed by atoms with Gasteiger partial charge in [0.1, 0.15) is 5.76 Å². The summed E-state index contributed by atoms with van der Waals surface area (Å²) in [5, 5.41) is 0. The third-order valence-electron chi connectivity index (χ3n) is 4.56. The first-order valence-electron chi connectivity index (χ1n) is 9.70. The molecule has 0 amide bonds. The molecule has 1 aromatic heterocycles. The van der Waals surface area contributed by atoms with Crippen molar-refractivity contribution in [3.63, 3.8) is 0 Å². The lowest BCUT2D eigenvalue weighted by Gasteiger charge is -2.12. The predicted molar refractivity (Wildman–Crippen MR) is 115 cm³/mol. The van der Waals surface area contributed by atoms with E-state index in [0.29, 0.717) is 12.5 Å². The van der Waals surface area contributed by atoms with Crippen LogP contribution in [0.25, 0.3) is 33.8 Å². The minimum Gasteiger partial charge on any atom is -0.489 e. The van der Waals surface area contributed by atoms with Gasteiger partial charge < -0.3 is 9.15 Å². The van der Waals surface area contributed by atoms with Crippen molar-refractivity contribution in [1.29, 1.82) is 0 Å². The van der Waals surface area contributed by atoms with E-state index in [-0.39, 0.29) is 0 Å². The van der Waals surface area contributed by atoms with Crippen LogP contribution in [0, 0.1) is 5.92 Å². The summed E-state index contributed by atoms with van der Waals surface area (Å²) in [5.74, 6) is 2.84. The SMILES string of the molecule is CC(C)COc1c(-c2ccccc2)oc(-c2ccccc2)c1-c1ccccc1. The Kier molecular flexibility index (Phi) is 5.29. The minimum atomic E-state index is 0.419. The van der Waals surface area contributed by atoms with Gasteiger partial charge in [-0.2, -0.15) is 0 Å². The number of furan rings is 1. The van der Waals surface area contributed by atoms with Gasteiger partial charge in [0.15, 0.2) is 11.5 Å². The van der Waals surface area contributed by atoms with Gasteiger partial charge in [-0.25, -0.2) is 0 Å². The first-order valence-corrected chi connectivity index (χ1v) is 9.70. The topological polar surface area (TPSA) is 22.4 Å². The Morgan fingerprint density at radius 3 is 1.61 bits per heavy atom. The standard InChI is InChI=1S/C26H24O2/c1-19(2)18-27-26-23(20-12-6-3-7-13-20)24(21-14-8-4-9-15-21)28-25(26)22-16-10-5-11-17-22/h3-17,19H,18H2,1-2H3. The molecule has 1 heterocycles. The molecule has 0 radical (unpaired) electrons. The van der Waals surface area contributed by atoms with Crippen LogP contribution in [0.3, 0.4) is 0 Å². The highest BCUT2D eigenvalue weighted by Crippen LogP contribution is 2.48. The van der Waals surface area contributed by atoms with Crippen molar-refractivity contribution in [2.75, 3.05) is 6.61 Å². The number of hydrogen-bond acceptors (Lipinski definition) is 2. The molecule has 3 aromatic carbocycles. The molecule has 0 atom stereocenters. The fourth-order valence-electron chi connectivity index (χ4n) is 3.24. The van der Waals surface area contributed by atoms with Gasteiger partial charge in [0.2, 0.25) is 0 Å². The summed E-state index contributed by atoms with van der Waals surface area (Å²) in [5.41, 5.74) is 4.15. The molecule has 0 aliphatic rings. The maximum absolute atomic E-state index is 6.48. The summed E-state index contributed by atoms with van der Waals surface area (Å²) in [6, 6.07) is 30.7. The summed E-state index contributed by atoms with van der Waals surface area (Å²) in [4.78, 5) is 0. The number of rotatable bonds is 6. The Balaban J connectivity index is 1.98. The molecular formula is C26H24O2. The molecule has 0 bridgehead atoms. The molecule has 28 heavy (non-hydrogen) atoms. The summed E-state index contributed by atoms with van der Waals surface area (Å²) in [6.07, 6.45) is 0. The Labute approximate surface area is 166 Å². The van der Waals surface area contributed by atoms with Crippen molar-refractivity contribution in [3.05, 3.63) is 91.0 Å². The van der Waals surface area contributed by atoms with Gasteiger partial charge in [-0.1, -0.05) is 105 Å². The fraction of sp³-hybridized carbons (Fsp3) is 0.154. The van der Waals surface area contributed by atoms with Crippen LogP contribution in [0.5, 0.6) is 5.75 Å². The van der Waals surface area contributed by atoms with E-state index in [0.717, 1.165) is 39.5 Å². The van der Waals surface area contributed by atoms with Gasteiger partial charge in [-0.05, 0) is 11.5 Å². The smallest absolute Gasteiger partial charge is 0.177 e. The third kappa shape index (κ3) is 3.72. The quantitative estimate of drug-likeness (QED) is 0.356. The highest BCUT2D eigenvalue weighted by molar-refractivity contribution is 5.90. The second-order valence-electron chi connectivity index (χ2n) is 7.27. The molecule has 0 unspecified atom stereocenters. The maximum Gasteiger partial charge on any atom is 0.177 e. The van der Waals surface area contributed by atoms with E-state index in [2.05, 4.69) is 50.2 Å². The first kappa shape index (κ1) is 18.1. The predicted octanol–water partition coefficient (Wildman–Crippen LogP) is 7.32. The van der Waals surface area contributed by atoms with E-state index >= 15 is 0 Å². The molecule has 140 valence electrons. The largest absolute Gasteiger partial charge is 0.489 e. The Morgan fingerprint density at radius 1 is 0.643 bits per heavy atom. The summed E-state index contributed by atoms with van der Waals surface area (Å²) >= 11 is 0. The van der Waals surface area contributed by atoms with E-state index in [1.165, 1.54) is 0 Å². The summed E-state index contributed by atoms with van der Waals surface area (Å²) in [7, 11) is 0. The normalized spacial score (nSPS) is 11.0. The van der Waals surface area contributed by atoms with Crippen molar-refractivity contribution < 1.29 is 9.15 Å². The number of benzene rings is 3. The van der Waals surface area contributed by atoms with Gasteiger partial charge >= 0.3 is 0 Å². The van der Waals surface area contributed by atoms with E-state index < -0.39 is 0 Å². The number of ether oxygens (including phenoxy) is 1. The second kappa shape index (κ2) is 8.18. The average Bonchev–Trinajstić information content (AvgIpc) is 3.13. The molecule has 2 nitrogen and oxygen atoms in total. The second-order valence-corrected chi connectivity index (χ2v) is 7.27. The van der Waals surface area contributed by atoms with Gasteiger partial charge in [0.05, 0.1) is 12.2 Å². The van der Waals surface area contributed by atoms with E-state index in [4.69, 9.17) is 9.15 Å². The molecule has 0 aliphatic heterocycles. The lowest BCUT2D eigenvalue weighted by atomic mass is 10.00. The Hall–Kier alpha value is -3.26.